The first kappa shape index (κ1) is 17.4. The van der Waals surface area contributed by atoms with Gasteiger partial charge in [0.25, 0.3) is 5.91 Å². The number of aliphatic hydroxyl groups is 1. The molecule has 0 fully saturated rings. The van der Waals surface area contributed by atoms with Crippen LogP contribution in [0.5, 0.6) is 0 Å². The summed E-state index contributed by atoms with van der Waals surface area (Å²) in [6.07, 6.45) is 1.22. The van der Waals surface area contributed by atoms with E-state index in [2.05, 4.69) is 10.6 Å². The second-order valence-electron chi connectivity index (χ2n) is 4.61. The van der Waals surface area contributed by atoms with Crippen molar-refractivity contribution < 1.29 is 19.1 Å². The molecule has 0 radical (unpaired) electrons. The van der Waals surface area contributed by atoms with Gasteiger partial charge in [-0.3, -0.25) is 9.59 Å². The molecule has 1 aromatic carbocycles. The van der Waals surface area contributed by atoms with Crippen molar-refractivity contribution in [2.75, 3.05) is 13.2 Å². The summed E-state index contributed by atoms with van der Waals surface area (Å²) in [7, 11) is 0. The van der Waals surface area contributed by atoms with Gasteiger partial charge in [0.15, 0.2) is 0 Å². The van der Waals surface area contributed by atoms with Gasteiger partial charge in [-0.25, -0.2) is 4.39 Å². The van der Waals surface area contributed by atoms with Crippen LogP contribution in [0.15, 0.2) is 18.2 Å². The van der Waals surface area contributed by atoms with Gasteiger partial charge in [0.2, 0.25) is 5.91 Å². The first-order chi connectivity index (χ1) is 9.95. The lowest BCUT2D eigenvalue weighted by Crippen LogP contribution is -2.41. The van der Waals surface area contributed by atoms with E-state index in [1.165, 1.54) is 12.1 Å². The van der Waals surface area contributed by atoms with Crippen molar-refractivity contribution in [2.24, 2.45) is 0 Å². The van der Waals surface area contributed by atoms with E-state index in [-0.39, 0.29) is 35.7 Å². The molecule has 116 valence electrons. The van der Waals surface area contributed by atoms with E-state index >= 15 is 0 Å². The quantitative estimate of drug-likeness (QED) is 0.713. The maximum Gasteiger partial charge on any atom is 0.256 e. The lowest BCUT2D eigenvalue weighted by atomic mass is 10.2. The molecule has 1 aromatic rings. The third kappa shape index (κ3) is 5.69. The van der Waals surface area contributed by atoms with Crippen molar-refractivity contribution in [3.63, 3.8) is 0 Å². The molecule has 21 heavy (non-hydrogen) atoms. The van der Waals surface area contributed by atoms with Crippen LogP contribution in [-0.4, -0.2) is 36.1 Å². The summed E-state index contributed by atoms with van der Waals surface area (Å²) in [5.74, 6) is -1.87. The second-order valence-corrected chi connectivity index (χ2v) is 5.02. The van der Waals surface area contributed by atoms with Crippen LogP contribution in [0.25, 0.3) is 0 Å². The minimum Gasteiger partial charge on any atom is -0.396 e. The van der Waals surface area contributed by atoms with Gasteiger partial charge in [0.05, 0.1) is 17.1 Å². The lowest BCUT2D eigenvalue weighted by molar-refractivity contribution is -0.120. The summed E-state index contributed by atoms with van der Waals surface area (Å²) in [5, 5.41) is 13.7. The summed E-state index contributed by atoms with van der Waals surface area (Å²) < 4.78 is 13.5. The number of aliphatic hydroxyl groups excluding tert-OH is 1. The van der Waals surface area contributed by atoms with Gasteiger partial charge in [-0.2, -0.15) is 0 Å². The number of amides is 2. The fourth-order valence-electron chi connectivity index (χ4n) is 1.76. The predicted molar refractivity (Wildman–Crippen MR) is 77.7 cm³/mol. The maximum absolute atomic E-state index is 13.5. The number of carbonyl (C=O) groups is 2. The Bertz CT molecular complexity index is 491. The van der Waals surface area contributed by atoms with E-state index in [0.717, 1.165) is 6.07 Å². The molecule has 3 N–H and O–H groups in total. The zero-order valence-corrected chi connectivity index (χ0v) is 12.4. The molecule has 5 nitrogen and oxygen atoms in total. The second kappa shape index (κ2) is 8.59. The van der Waals surface area contributed by atoms with Crippen LogP contribution in [0.3, 0.4) is 0 Å². The van der Waals surface area contributed by atoms with Gasteiger partial charge >= 0.3 is 0 Å². The fraction of sp³-hybridized carbons (Fsp3) is 0.429. The number of rotatable bonds is 7. The van der Waals surface area contributed by atoms with Crippen LogP contribution in [0.4, 0.5) is 4.39 Å². The Hall–Kier alpha value is -1.66. The third-order valence-corrected chi connectivity index (χ3v) is 3.12. The molecular formula is C14H18ClFN2O3. The highest BCUT2D eigenvalue weighted by Crippen LogP contribution is 2.18. The number of carbonyl (C=O) groups excluding carboxylic acids is 2. The molecule has 0 aliphatic carbocycles. The van der Waals surface area contributed by atoms with Gasteiger partial charge in [0, 0.05) is 12.6 Å². The van der Waals surface area contributed by atoms with E-state index in [0.29, 0.717) is 12.8 Å². The Morgan fingerprint density at radius 1 is 1.43 bits per heavy atom. The molecule has 1 unspecified atom stereocenters. The van der Waals surface area contributed by atoms with Gasteiger partial charge in [0.1, 0.15) is 5.82 Å². The van der Waals surface area contributed by atoms with Crippen LogP contribution < -0.4 is 10.6 Å². The summed E-state index contributed by atoms with van der Waals surface area (Å²) in [6, 6.07) is 3.80. The minimum atomic E-state index is -0.740. The number of halogens is 2. The van der Waals surface area contributed by atoms with E-state index < -0.39 is 11.7 Å². The summed E-state index contributed by atoms with van der Waals surface area (Å²) in [6.45, 7) is 1.58. The van der Waals surface area contributed by atoms with E-state index in [1.807, 2.05) is 0 Å². The van der Waals surface area contributed by atoms with Gasteiger partial charge in [-0.1, -0.05) is 17.7 Å². The summed E-state index contributed by atoms with van der Waals surface area (Å²) in [4.78, 5) is 23.4. The van der Waals surface area contributed by atoms with Gasteiger partial charge in [-0.15, -0.1) is 0 Å². The average Bonchev–Trinajstić information content (AvgIpc) is 2.42. The summed E-state index contributed by atoms with van der Waals surface area (Å²) in [5.41, 5.74) is -0.278. The van der Waals surface area contributed by atoms with Crippen molar-refractivity contribution in [2.45, 2.75) is 25.8 Å². The molecule has 1 rings (SSSR count). The topological polar surface area (TPSA) is 78.4 Å². The van der Waals surface area contributed by atoms with Crippen LogP contribution in [0.2, 0.25) is 5.02 Å². The SMILES string of the molecule is CC(CCCO)NC(=O)CNC(=O)c1c(F)cccc1Cl. The molecule has 2 amide bonds. The Balaban J connectivity index is 2.48. The first-order valence-electron chi connectivity index (χ1n) is 6.58. The van der Waals surface area contributed by atoms with Crippen LogP contribution >= 0.6 is 11.6 Å². The smallest absolute Gasteiger partial charge is 0.256 e. The Labute approximate surface area is 127 Å². The van der Waals surface area contributed by atoms with Crippen molar-refractivity contribution in [3.05, 3.63) is 34.6 Å². The molecule has 0 bridgehead atoms. The number of benzene rings is 1. The zero-order chi connectivity index (χ0) is 15.8. The van der Waals surface area contributed by atoms with Crippen LogP contribution in [0.1, 0.15) is 30.1 Å². The van der Waals surface area contributed by atoms with Crippen molar-refractivity contribution in [1.82, 2.24) is 10.6 Å². The van der Waals surface area contributed by atoms with E-state index in [1.54, 1.807) is 6.92 Å². The number of nitrogens with one attached hydrogen (secondary N) is 2. The van der Waals surface area contributed by atoms with Crippen LogP contribution in [0, 0.1) is 5.82 Å². The van der Waals surface area contributed by atoms with E-state index in [9.17, 15) is 14.0 Å². The molecule has 0 heterocycles. The highest BCUT2D eigenvalue weighted by Gasteiger charge is 2.16. The molecule has 0 spiro atoms. The van der Waals surface area contributed by atoms with E-state index in [4.69, 9.17) is 16.7 Å². The molecule has 0 saturated carbocycles. The van der Waals surface area contributed by atoms with Crippen LogP contribution in [-0.2, 0) is 4.79 Å². The normalized spacial score (nSPS) is 11.8. The van der Waals surface area contributed by atoms with Gasteiger partial charge < -0.3 is 15.7 Å². The molecular weight excluding hydrogens is 299 g/mol. The Morgan fingerprint density at radius 3 is 2.76 bits per heavy atom. The van der Waals surface area contributed by atoms with Crippen molar-refractivity contribution >= 4 is 23.4 Å². The monoisotopic (exact) mass is 316 g/mol. The molecule has 0 saturated heterocycles. The predicted octanol–water partition coefficient (Wildman–Crippen LogP) is 1.49. The zero-order valence-electron chi connectivity index (χ0n) is 11.7. The Kier molecular flexibility index (Phi) is 7.11. The third-order valence-electron chi connectivity index (χ3n) is 2.80. The fourth-order valence-corrected chi connectivity index (χ4v) is 2.01. The standard InChI is InChI=1S/C14H18ClFN2O3/c1-9(4-3-7-19)18-12(20)8-17-14(21)13-10(15)5-2-6-11(13)16/h2,5-6,9,19H,3-4,7-8H2,1H3,(H,17,21)(H,18,20). The first-order valence-corrected chi connectivity index (χ1v) is 6.96. The molecule has 0 aliphatic heterocycles. The molecule has 0 aromatic heterocycles. The molecule has 1 atom stereocenters. The highest BCUT2D eigenvalue weighted by molar-refractivity contribution is 6.33. The lowest BCUT2D eigenvalue weighted by Gasteiger charge is -2.13. The number of hydrogen-bond donors (Lipinski definition) is 3. The Morgan fingerprint density at radius 2 is 2.14 bits per heavy atom. The highest BCUT2D eigenvalue weighted by atomic mass is 35.5. The molecule has 7 heteroatoms. The summed E-state index contributed by atoms with van der Waals surface area (Å²) >= 11 is 5.76. The van der Waals surface area contributed by atoms with Gasteiger partial charge in [-0.05, 0) is 31.9 Å². The molecule has 0 aliphatic rings. The maximum atomic E-state index is 13.5. The van der Waals surface area contributed by atoms with Crippen molar-refractivity contribution in [3.8, 4) is 0 Å². The van der Waals surface area contributed by atoms with Crippen molar-refractivity contribution in [1.29, 1.82) is 0 Å². The number of hydrogen-bond acceptors (Lipinski definition) is 3. The minimum absolute atomic E-state index is 0.00998. The average molecular weight is 317 g/mol. The largest absolute Gasteiger partial charge is 0.396 e.